The molecule has 0 bridgehead atoms. The number of ether oxygens (including phenoxy) is 2. The third kappa shape index (κ3) is 5.70. The molecule has 148 valence electrons. The highest BCUT2D eigenvalue weighted by atomic mass is 16.5. The normalized spacial score (nSPS) is 11.2. The van der Waals surface area contributed by atoms with Gasteiger partial charge in [0.15, 0.2) is 0 Å². The van der Waals surface area contributed by atoms with Gasteiger partial charge in [0, 0.05) is 6.08 Å². The Morgan fingerprint density at radius 2 is 1.67 bits per heavy atom. The van der Waals surface area contributed by atoms with E-state index >= 15 is 0 Å². The van der Waals surface area contributed by atoms with Crippen LogP contribution in [0, 0.1) is 18.3 Å². The van der Waals surface area contributed by atoms with Crippen LogP contribution < -0.4 is 9.47 Å². The highest BCUT2D eigenvalue weighted by molar-refractivity contribution is 5.91. The summed E-state index contributed by atoms with van der Waals surface area (Å²) in [6.07, 6.45) is 4.86. The van der Waals surface area contributed by atoms with Gasteiger partial charge in [-0.05, 0) is 72.2 Å². The first-order valence-electron chi connectivity index (χ1n) is 9.40. The third-order valence-corrected chi connectivity index (χ3v) is 4.40. The average molecular weight is 395 g/mol. The van der Waals surface area contributed by atoms with E-state index in [1.54, 1.807) is 49.6 Å². The molecule has 30 heavy (non-hydrogen) atoms. The first kappa shape index (κ1) is 20.6. The van der Waals surface area contributed by atoms with Gasteiger partial charge in [0.05, 0.1) is 18.8 Å². The largest absolute Gasteiger partial charge is 0.497 e. The van der Waals surface area contributed by atoms with E-state index in [2.05, 4.69) is 6.07 Å². The number of allylic oxidation sites excluding steroid dienone is 1. The second kappa shape index (κ2) is 9.90. The number of aryl methyl sites for hydroxylation is 1. The number of nitriles is 1. The summed E-state index contributed by atoms with van der Waals surface area (Å²) in [7, 11) is 1.60. The topological polar surface area (TPSA) is 59.3 Å². The van der Waals surface area contributed by atoms with Crippen molar-refractivity contribution in [2.24, 2.45) is 0 Å². The molecule has 3 rings (SSSR count). The van der Waals surface area contributed by atoms with E-state index in [9.17, 15) is 10.1 Å². The van der Waals surface area contributed by atoms with E-state index in [0.717, 1.165) is 28.0 Å². The number of hydrogen-bond donors (Lipinski definition) is 0. The quantitative estimate of drug-likeness (QED) is 0.177. The van der Waals surface area contributed by atoms with Crippen LogP contribution in [-0.4, -0.2) is 13.1 Å². The molecule has 0 N–H and O–H groups in total. The van der Waals surface area contributed by atoms with Gasteiger partial charge in [0.2, 0.25) is 0 Å². The number of benzene rings is 3. The fraction of sp³-hybridized carbons (Fsp3) is 0.0769. The summed E-state index contributed by atoms with van der Waals surface area (Å²) < 4.78 is 10.5. The summed E-state index contributed by atoms with van der Waals surface area (Å²) in [6, 6.07) is 24.4. The Morgan fingerprint density at radius 1 is 0.933 bits per heavy atom. The summed E-state index contributed by atoms with van der Waals surface area (Å²) in [5.74, 6) is 0.672. The molecule has 0 spiro atoms. The minimum absolute atomic E-state index is 0.411. The molecule has 4 heteroatoms. The van der Waals surface area contributed by atoms with Crippen LogP contribution in [-0.2, 0) is 4.79 Å². The first-order valence-corrected chi connectivity index (χ1v) is 9.40. The molecule has 0 aromatic heterocycles. The van der Waals surface area contributed by atoms with E-state index < -0.39 is 5.97 Å². The first-order chi connectivity index (χ1) is 14.6. The van der Waals surface area contributed by atoms with Crippen LogP contribution in [0.15, 0.2) is 78.9 Å². The second-order valence-electron chi connectivity index (χ2n) is 6.64. The maximum atomic E-state index is 12.1. The fourth-order valence-electron chi connectivity index (χ4n) is 2.78. The van der Waals surface area contributed by atoms with Gasteiger partial charge >= 0.3 is 5.97 Å². The molecule has 0 fully saturated rings. The molecule has 4 nitrogen and oxygen atoms in total. The average Bonchev–Trinajstić information content (AvgIpc) is 2.77. The second-order valence-corrected chi connectivity index (χ2v) is 6.64. The number of hydrogen-bond acceptors (Lipinski definition) is 4. The molecule has 0 amide bonds. The number of methoxy groups -OCH3 is 1. The van der Waals surface area contributed by atoms with Gasteiger partial charge in [-0.15, -0.1) is 0 Å². The van der Waals surface area contributed by atoms with Crippen LogP contribution in [0.3, 0.4) is 0 Å². The molecule has 0 aliphatic carbocycles. The van der Waals surface area contributed by atoms with Crippen LogP contribution >= 0.6 is 0 Å². The molecule has 3 aromatic carbocycles. The Kier molecular flexibility index (Phi) is 6.81. The summed E-state index contributed by atoms with van der Waals surface area (Å²) in [5.41, 5.74) is 4.12. The predicted octanol–water partition coefficient (Wildman–Crippen LogP) is 5.69. The summed E-state index contributed by atoms with van der Waals surface area (Å²) in [5, 5.41) is 9.53. The summed E-state index contributed by atoms with van der Waals surface area (Å²) >= 11 is 0. The van der Waals surface area contributed by atoms with E-state index in [0.29, 0.717) is 11.3 Å². The zero-order chi connectivity index (χ0) is 21.3. The van der Waals surface area contributed by atoms with Crippen LogP contribution in [0.25, 0.3) is 17.7 Å². The fourth-order valence-corrected chi connectivity index (χ4v) is 2.78. The van der Waals surface area contributed by atoms with Crippen molar-refractivity contribution >= 4 is 23.7 Å². The van der Waals surface area contributed by atoms with Crippen LogP contribution in [0.4, 0.5) is 0 Å². The predicted molar refractivity (Wildman–Crippen MR) is 119 cm³/mol. The van der Waals surface area contributed by atoms with Crippen molar-refractivity contribution in [2.45, 2.75) is 6.92 Å². The highest BCUT2D eigenvalue weighted by Gasteiger charge is 2.05. The van der Waals surface area contributed by atoms with E-state index in [1.165, 1.54) is 6.08 Å². The summed E-state index contributed by atoms with van der Waals surface area (Å²) in [6.45, 7) is 2.01. The Hall–Kier alpha value is -4.10. The van der Waals surface area contributed by atoms with Crippen molar-refractivity contribution in [3.63, 3.8) is 0 Å². The molecule has 0 heterocycles. The lowest BCUT2D eigenvalue weighted by molar-refractivity contribution is -0.128. The number of esters is 1. The molecule has 0 unspecified atom stereocenters. The van der Waals surface area contributed by atoms with Crippen molar-refractivity contribution in [3.05, 3.63) is 101 Å². The van der Waals surface area contributed by atoms with Crippen LogP contribution in [0.1, 0.15) is 22.3 Å². The maximum Gasteiger partial charge on any atom is 0.336 e. The lowest BCUT2D eigenvalue weighted by atomic mass is 10.0. The molecule has 0 radical (unpaired) electrons. The standard InChI is InChI=1S/C26H21NO3/c1-19-6-8-20(9-7-19)10-15-26(28)30-25-5-3-4-21(17-25)16-23(18-27)22-11-13-24(29-2)14-12-22/h3-17H,1-2H3/b15-10+,23-16-. The van der Waals surface area contributed by atoms with Crippen molar-refractivity contribution in [2.75, 3.05) is 7.11 Å². The lowest BCUT2D eigenvalue weighted by Gasteiger charge is -2.05. The monoisotopic (exact) mass is 395 g/mol. The van der Waals surface area contributed by atoms with Gasteiger partial charge in [-0.25, -0.2) is 4.79 Å². The molecule has 0 aliphatic rings. The molecule has 0 saturated heterocycles. The number of carbonyl (C=O) groups excluding carboxylic acids is 1. The molecular weight excluding hydrogens is 374 g/mol. The molecule has 0 saturated carbocycles. The van der Waals surface area contributed by atoms with Crippen molar-refractivity contribution in [1.82, 2.24) is 0 Å². The van der Waals surface area contributed by atoms with Gasteiger partial charge in [-0.3, -0.25) is 0 Å². The van der Waals surface area contributed by atoms with Gasteiger partial charge in [-0.1, -0.05) is 42.0 Å². The van der Waals surface area contributed by atoms with E-state index in [4.69, 9.17) is 9.47 Å². The summed E-state index contributed by atoms with van der Waals surface area (Å²) in [4.78, 5) is 12.1. The van der Waals surface area contributed by atoms with Gasteiger partial charge in [0.1, 0.15) is 11.5 Å². The van der Waals surface area contributed by atoms with Crippen molar-refractivity contribution in [1.29, 1.82) is 5.26 Å². The minimum atomic E-state index is -0.465. The van der Waals surface area contributed by atoms with Crippen molar-refractivity contribution < 1.29 is 14.3 Å². The molecule has 3 aromatic rings. The molecular formula is C26H21NO3. The maximum absolute atomic E-state index is 12.1. The Morgan fingerprint density at radius 3 is 2.33 bits per heavy atom. The van der Waals surface area contributed by atoms with Crippen molar-refractivity contribution in [3.8, 4) is 17.6 Å². The Balaban J connectivity index is 1.73. The van der Waals surface area contributed by atoms with Gasteiger partial charge in [-0.2, -0.15) is 5.26 Å². The Bertz CT molecular complexity index is 1120. The van der Waals surface area contributed by atoms with Gasteiger partial charge in [0.25, 0.3) is 0 Å². The SMILES string of the molecule is COc1ccc(/C(C#N)=C\c2cccc(OC(=O)/C=C/c3ccc(C)cc3)c2)cc1. The van der Waals surface area contributed by atoms with Crippen LogP contribution in [0.5, 0.6) is 11.5 Å². The third-order valence-electron chi connectivity index (χ3n) is 4.40. The number of rotatable bonds is 6. The van der Waals surface area contributed by atoms with Gasteiger partial charge < -0.3 is 9.47 Å². The minimum Gasteiger partial charge on any atom is -0.497 e. The van der Waals surface area contributed by atoms with E-state index in [-0.39, 0.29) is 0 Å². The highest BCUT2D eigenvalue weighted by Crippen LogP contribution is 2.22. The lowest BCUT2D eigenvalue weighted by Crippen LogP contribution is -2.03. The zero-order valence-electron chi connectivity index (χ0n) is 16.8. The molecule has 0 aliphatic heterocycles. The molecule has 0 atom stereocenters. The zero-order valence-corrected chi connectivity index (χ0v) is 16.8. The number of carbonyl (C=O) groups is 1. The Labute approximate surface area is 176 Å². The smallest absolute Gasteiger partial charge is 0.336 e. The van der Waals surface area contributed by atoms with E-state index in [1.807, 2.05) is 49.4 Å². The van der Waals surface area contributed by atoms with Crippen LogP contribution in [0.2, 0.25) is 0 Å². The number of nitrogens with zero attached hydrogens (tertiary/aromatic N) is 1.